The van der Waals surface area contributed by atoms with Gasteiger partial charge >= 0.3 is 0 Å². The Morgan fingerprint density at radius 2 is 1.00 bits per heavy atom. The average Bonchev–Trinajstić information content (AvgIpc) is 2.65. The molecular weight excluding hydrogens is 308 g/mol. The lowest BCUT2D eigenvalue weighted by Crippen LogP contribution is -2.66. The minimum Gasteiger partial charge on any atom is -0.389 e. The van der Waals surface area contributed by atoms with Gasteiger partial charge in [-0.3, -0.25) is 0 Å². The van der Waals surface area contributed by atoms with Gasteiger partial charge in [0.05, 0.1) is 6.10 Å². The molecule has 0 aromatic heterocycles. The lowest BCUT2D eigenvalue weighted by atomic mass is 10.3. The maximum Gasteiger partial charge on any atom is 0.172 e. The molecule has 0 bridgehead atoms. The second-order valence-electron chi connectivity index (χ2n) is 6.01. The van der Waals surface area contributed by atoms with Gasteiger partial charge in [0.1, 0.15) is 0 Å². The van der Waals surface area contributed by atoms with Crippen LogP contribution in [0.2, 0.25) is 0 Å². The van der Waals surface area contributed by atoms with Crippen LogP contribution in [0.5, 0.6) is 0 Å². The van der Waals surface area contributed by atoms with Crippen molar-refractivity contribution in [1.29, 1.82) is 0 Å². The molecule has 0 amide bonds. The van der Waals surface area contributed by atoms with Gasteiger partial charge in [0.2, 0.25) is 0 Å². The highest BCUT2D eigenvalue weighted by Gasteiger charge is 2.36. The summed E-state index contributed by atoms with van der Waals surface area (Å²) in [4.78, 5) is 0. The van der Waals surface area contributed by atoms with Crippen molar-refractivity contribution < 1.29 is 5.11 Å². The summed E-state index contributed by atoms with van der Waals surface area (Å²) in [6.07, 6.45) is 1.46. The predicted octanol–water partition coefficient (Wildman–Crippen LogP) is 2.63. The van der Waals surface area contributed by atoms with Crippen LogP contribution in [0.15, 0.2) is 103 Å². The Labute approximate surface area is 144 Å². The van der Waals surface area contributed by atoms with Crippen molar-refractivity contribution in [3.8, 4) is 0 Å². The molecule has 0 heterocycles. The number of aliphatic hydroxyl groups is 1. The van der Waals surface area contributed by atoms with Crippen LogP contribution >= 0.6 is 0 Å². The van der Waals surface area contributed by atoms with E-state index in [1.807, 2.05) is 6.08 Å². The van der Waals surface area contributed by atoms with E-state index in [-0.39, 0.29) is 0 Å². The normalized spacial score (nSPS) is 13.1. The molecule has 0 aliphatic heterocycles. The van der Waals surface area contributed by atoms with Gasteiger partial charge in [0, 0.05) is 0 Å². The molecule has 24 heavy (non-hydrogen) atoms. The molecule has 0 radical (unpaired) electrons. The molecule has 0 aliphatic rings. The Kier molecular flexibility index (Phi) is 5.09. The molecule has 3 rings (SSSR count). The Morgan fingerprint density at radius 3 is 1.29 bits per heavy atom. The van der Waals surface area contributed by atoms with Gasteiger partial charge in [-0.15, -0.1) is 0 Å². The van der Waals surface area contributed by atoms with Gasteiger partial charge in [-0.2, -0.15) is 0 Å². The van der Waals surface area contributed by atoms with E-state index in [0.717, 1.165) is 0 Å². The minimum absolute atomic E-state index is 0.465. The first-order valence-electron chi connectivity index (χ1n) is 8.27. The summed E-state index contributed by atoms with van der Waals surface area (Å²) in [6.45, 7) is 1.80. The fourth-order valence-corrected chi connectivity index (χ4v) is 7.47. The van der Waals surface area contributed by atoms with Crippen LogP contribution in [-0.4, -0.2) is 19.3 Å². The van der Waals surface area contributed by atoms with Gasteiger partial charge in [-0.05, 0) is 22.5 Å². The van der Waals surface area contributed by atoms with Crippen LogP contribution < -0.4 is 15.6 Å². The molecule has 1 unspecified atom stereocenters. The largest absolute Gasteiger partial charge is 0.389 e. The summed E-state index contributed by atoms with van der Waals surface area (Å²) >= 11 is 0. The molecule has 0 saturated heterocycles. The van der Waals surface area contributed by atoms with Crippen molar-refractivity contribution in [1.82, 2.24) is 0 Å². The SMILES string of the molecule is CC(O)/C=C/[Si](c1ccccc1)(c1ccccc1)c1ccccc1. The van der Waals surface area contributed by atoms with E-state index in [4.69, 9.17) is 0 Å². The molecule has 1 nitrogen and oxygen atoms in total. The van der Waals surface area contributed by atoms with Crippen LogP contribution in [-0.2, 0) is 0 Å². The van der Waals surface area contributed by atoms with E-state index in [1.54, 1.807) is 6.92 Å². The first kappa shape index (κ1) is 16.4. The standard InChI is InChI=1S/C22H22OSi/c1-19(23)17-18-24(20-11-5-2-6-12-20,21-13-7-3-8-14-21)22-15-9-4-10-16-22/h2-19,23H,1H3/b18-17+. The van der Waals surface area contributed by atoms with Gasteiger partial charge in [-0.1, -0.05) is 103 Å². The molecular formula is C22H22OSi. The molecule has 0 aliphatic carbocycles. The van der Waals surface area contributed by atoms with E-state index in [1.165, 1.54) is 15.6 Å². The quantitative estimate of drug-likeness (QED) is 0.563. The van der Waals surface area contributed by atoms with Crippen LogP contribution in [0.4, 0.5) is 0 Å². The molecule has 1 atom stereocenters. The summed E-state index contributed by atoms with van der Waals surface area (Å²) < 4.78 is 0. The molecule has 3 aromatic carbocycles. The first-order chi connectivity index (χ1) is 11.7. The molecule has 3 aromatic rings. The summed E-state index contributed by atoms with van der Waals surface area (Å²) in [5, 5.41) is 13.8. The lowest BCUT2D eigenvalue weighted by Gasteiger charge is -2.31. The van der Waals surface area contributed by atoms with Gasteiger partial charge in [-0.25, -0.2) is 0 Å². The maximum atomic E-state index is 9.89. The highest BCUT2D eigenvalue weighted by molar-refractivity contribution is 7.14. The van der Waals surface area contributed by atoms with Crippen LogP contribution in [0, 0.1) is 0 Å². The molecule has 0 spiro atoms. The fourth-order valence-electron chi connectivity index (χ4n) is 3.18. The average molecular weight is 331 g/mol. The monoisotopic (exact) mass is 330 g/mol. The zero-order valence-corrected chi connectivity index (χ0v) is 14.8. The number of hydrogen-bond acceptors (Lipinski definition) is 1. The highest BCUT2D eigenvalue weighted by atomic mass is 28.3. The van der Waals surface area contributed by atoms with E-state index in [9.17, 15) is 5.11 Å². The zero-order valence-electron chi connectivity index (χ0n) is 13.8. The molecule has 1 N–H and O–H groups in total. The third-order valence-electron chi connectivity index (χ3n) is 4.31. The van der Waals surface area contributed by atoms with Gasteiger partial charge < -0.3 is 5.11 Å². The van der Waals surface area contributed by atoms with E-state index < -0.39 is 14.2 Å². The van der Waals surface area contributed by atoms with E-state index in [0.29, 0.717) is 0 Å². The van der Waals surface area contributed by atoms with Gasteiger partial charge in [0.15, 0.2) is 8.07 Å². The minimum atomic E-state index is -2.33. The van der Waals surface area contributed by atoms with Crippen molar-refractivity contribution in [2.45, 2.75) is 13.0 Å². The third kappa shape index (κ3) is 3.25. The summed E-state index contributed by atoms with van der Waals surface area (Å²) in [6, 6.07) is 32.0. The summed E-state index contributed by atoms with van der Waals surface area (Å²) in [5.41, 5.74) is 2.26. The van der Waals surface area contributed by atoms with Crippen molar-refractivity contribution in [3.63, 3.8) is 0 Å². The number of benzene rings is 3. The molecule has 0 saturated carbocycles. The number of hydrogen-bond donors (Lipinski definition) is 1. The van der Waals surface area contributed by atoms with Crippen LogP contribution in [0.3, 0.4) is 0 Å². The third-order valence-corrected chi connectivity index (χ3v) is 8.74. The molecule has 0 fully saturated rings. The topological polar surface area (TPSA) is 20.2 Å². The Bertz CT molecular complexity index is 683. The fraction of sp³-hybridized carbons (Fsp3) is 0.0909. The Hall–Kier alpha value is -2.42. The molecule has 2 heteroatoms. The number of aliphatic hydroxyl groups excluding tert-OH is 1. The predicted molar refractivity (Wildman–Crippen MR) is 105 cm³/mol. The summed E-state index contributed by atoms with van der Waals surface area (Å²) in [7, 11) is -2.33. The zero-order chi connectivity index (χ0) is 16.8. The second-order valence-corrected chi connectivity index (χ2v) is 9.69. The molecule has 120 valence electrons. The lowest BCUT2D eigenvalue weighted by molar-refractivity contribution is 0.244. The highest BCUT2D eigenvalue weighted by Crippen LogP contribution is 2.10. The van der Waals surface area contributed by atoms with E-state index in [2.05, 4.69) is 96.7 Å². The van der Waals surface area contributed by atoms with Crippen molar-refractivity contribution in [2.24, 2.45) is 0 Å². The van der Waals surface area contributed by atoms with Gasteiger partial charge in [0.25, 0.3) is 0 Å². The van der Waals surface area contributed by atoms with Crippen LogP contribution in [0.1, 0.15) is 6.92 Å². The first-order valence-corrected chi connectivity index (χ1v) is 10.4. The Morgan fingerprint density at radius 1 is 0.667 bits per heavy atom. The Balaban J connectivity index is 2.33. The summed E-state index contributed by atoms with van der Waals surface area (Å²) in [5.74, 6) is 0. The van der Waals surface area contributed by atoms with E-state index >= 15 is 0 Å². The van der Waals surface area contributed by atoms with Crippen LogP contribution in [0.25, 0.3) is 0 Å². The van der Waals surface area contributed by atoms with Crippen molar-refractivity contribution >= 4 is 23.6 Å². The second kappa shape index (κ2) is 7.43. The van der Waals surface area contributed by atoms with Crippen molar-refractivity contribution in [3.05, 3.63) is 103 Å². The number of rotatable bonds is 5. The smallest absolute Gasteiger partial charge is 0.172 e. The maximum absolute atomic E-state index is 9.89. The van der Waals surface area contributed by atoms with Crippen molar-refractivity contribution in [2.75, 3.05) is 0 Å².